The zero-order valence-corrected chi connectivity index (χ0v) is 13.0. The van der Waals surface area contributed by atoms with E-state index < -0.39 is 12.3 Å². The van der Waals surface area contributed by atoms with Gasteiger partial charge in [0, 0.05) is 0 Å². The fourth-order valence-corrected chi connectivity index (χ4v) is 2.27. The Hall–Kier alpha value is -3.15. The molecule has 2 aromatic carbocycles. The minimum Gasteiger partial charge on any atom is -0.497 e. The van der Waals surface area contributed by atoms with Crippen LogP contribution in [0.25, 0.3) is 0 Å². The van der Waals surface area contributed by atoms with Gasteiger partial charge >= 0.3 is 5.97 Å². The lowest BCUT2D eigenvalue weighted by molar-refractivity contribution is -0.0266. The summed E-state index contributed by atoms with van der Waals surface area (Å²) in [7, 11) is 1.61. The van der Waals surface area contributed by atoms with Crippen LogP contribution in [0.4, 0.5) is 0 Å². The highest BCUT2D eigenvalue weighted by molar-refractivity contribution is 5.88. The number of ether oxygens (including phenoxy) is 4. The first kappa shape index (κ1) is 15.7. The number of carboxylic acids is 1. The monoisotopic (exact) mass is 328 g/mol. The second kappa shape index (κ2) is 6.95. The smallest absolute Gasteiger partial charge is 0.335 e. The number of hydrogen-bond donors (Lipinski definition) is 1. The quantitative estimate of drug-likeness (QED) is 0.875. The van der Waals surface area contributed by atoms with E-state index in [-0.39, 0.29) is 5.56 Å². The van der Waals surface area contributed by atoms with Crippen molar-refractivity contribution in [3.8, 4) is 11.5 Å². The van der Waals surface area contributed by atoms with Crippen molar-refractivity contribution >= 4 is 5.97 Å². The molecule has 6 heteroatoms. The SMILES string of the molecule is COc1ccc(COc2ccc(C(=O)O)cc2C2OC=CO2)cc1. The Kier molecular flexibility index (Phi) is 4.56. The van der Waals surface area contributed by atoms with Crippen LogP contribution in [-0.2, 0) is 16.1 Å². The van der Waals surface area contributed by atoms with Gasteiger partial charge < -0.3 is 24.1 Å². The molecule has 1 aliphatic rings. The van der Waals surface area contributed by atoms with Crippen molar-refractivity contribution in [3.63, 3.8) is 0 Å². The summed E-state index contributed by atoms with van der Waals surface area (Å²) in [5.41, 5.74) is 1.62. The Morgan fingerprint density at radius 3 is 2.46 bits per heavy atom. The molecule has 3 rings (SSSR count). The first-order valence-electron chi connectivity index (χ1n) is 7.26. The second-order valence-corrected chi connectivity index (χ2v) is 5.07. The van der Waals surface area contributed by atoms with E-state index >= 15 is 0 Å². The third kappa shape index (κ3) is 3.43. The summed E-state index contributed by atoms with van der Waals surface area (Å²) in [6, 6.07) is 12.1. The fraction of sp³-hybridized carbons (Fsp3) is 0.167. The normalized spacial score (nSPS) is 13.2. The van der Waals surface area contributed by atoms with Gasteiger partial charge in [0.2, 0.25) is 0 Å². The molecule has 2 aromatic rings. The summed E-state index contributed by atoms with van der Waals surface area (Å²) < 4.78 is 21.5. The Morgan fingerprint density at radius 2 is 1.83 bits per heavy atom. The van der Waals surface area contributed by atoms with E-state index in [4.69, 9.17) is 24.1 Å². The van der Waals surface area contributed by atoms with Crippen LogP contribution < -0.4 is 9.47 Å². The predicted octanol–water partition coefficient (Wildman–Crippen LogP) is 3.49. The van der Waals surface area contributed by atoms with Gasteiger partial charge in [-0.05, 0) is 35.9 Å². The van der Waals surface area contributed by atoms with E-state index in [1.165, 1.54) is 24.7 Å². The van der Waals surface area contributed by atoms with Crippen molar-refractivity contribution in [1.82, 2.24) is 0 Å². The maximum absolute atomic E-state index is 11.2. The number of benzene rings is 2. The molecule has 0 saturated heterocycles. The van der Waals surface area contributed by atoms with Gasteiger partial charge in [0.1, 0.15) is 30.6 Å². The van der Waals surface area contributed by atoms with Gasteiger partial charge in [-0.3, -0.25) is 0 Å². The molecule has 124 valence electrons. The van der Waals surface area contributed by atoms with Gasteiger partial charge in [0.15, 0.2) is 0 Å². The molecule has 0 amide bonds. The third-order valence-corrected chi connectivity index (χ3v) is 3.52. The van der Waals surface area contributed by atoms with Gasteiger partial charge in [0.25, 0.3) is 6.29 Å². The number of carboxylic acid groups (broad SMARTS) is 1. The van der Waals surface area contributed by atoms with Gasteiger partial charge in [-0.15, -0.1) is 0 Å². The van der Waals surface area contributed by atoms with Gasteiger partial charge in [-0.1, -0.05) is 12.1 Å². The zero-order valence-electron chi connectivity index (χ0n) is 13.0. The molecule has 0 fully saturated rings. The number of carbonyl (C=O) groups is 1. The van der Waals surface area contributed by atoms with Crippen LogP contribution in [0.15, 0.2) is 55.0 Å². The zero-order chi connectivity index (χ0) is 16.9. The highest BCUT2D eigenvalue weighted by Crippen LogP contribution is 2.33. The molecule has 1 aliphatic heterocycles. The van der Waals surface area contributed by atoms with Crippen molar-refractivity contribution in [2.24, 2.45) is 0 Å². The lowest BCUT2D eigenvalue weighted by Crippen LogP contribution is -2.06. The molecular weight excluding hydrogens is 312 g/mol. The van der Waals surface area contributed by atoms with E-state index in [9.17, 15) is 4.79 Å². The van der Waals surface area contributed by atoms with E-state index in [0.29, 0.717) is 17.9 Å². The number of hydrogen-bond acceptors (Lipinski definition) is 5. The third-order valence-electron chi connectivity index (χ3n) is 3.52. The van der Waals surface area contributed by atoms with E-state index in [1.807, 2.05) is 24.3 Å². The van der Waals surface area contributed by atoms with Crippen LogP contribution in [-0.4, -0.2) is 18.2 Å². The highest BCUT2D eigenvalue weighted by atomic mass is 16.7. The lowest BCUT2D eigenvalue weighted by Gasteiger charge is -2.16. The summed E-state index contributed by atoms with van der Waals surface area (Å²) in [6.45, 7) is 0.323. The highest BCUT2D eigenvalue weighted by Gasteiger charge is 2.22. The molecule has 6 nitrogen and oxygen atoms in total. The number of methoxy groups -OCH3 is 1. The molecule has 24 heavy (non-hydrogen) atoms. The first-order valence-corrected chi connectivity index (χ1v) is 7.26. The number of rotatable bonds is 6. The van der Waals surface area contributed by atoms with Crippen LogP contribution in [0.5, 0.6) is 11.5 Å². The van der Waals surface area contributed by atoms with Crippen molar-refractivity contribution in [2.45, 2.75) is 12.9 Å². The lowest BCUT2D eigenvalue weighted by atomic mass is 10.1. The maximum atomic E-state index is 11.2. The van der Waals surface area contributed by atoms with Crippen LogP contribution >= 0.6 is 0 Å². The van der Waals surface area contributed by atoms with Crippen LogP contribution in [0.3, 0.4) is 0 Å². The Balaban J connectivity index is 1.79. The van der Waals surface area contributed by atoms with Crippen molar-refractivity contribution in [3.05, 3.63) is 71.7 Å². The van der Waals surface area contributed by atoms with Crippen molar-refractivity contribution in [2.75, 3.05) is 7.11 Å². The molecule has 0 bridgehead atoms. The van der Waals surface area contributed by atoms with Crippen LogP contribution in [0.1, 0.15) is 27.8 Å². The molecule has 1 N–H and O–H groups in total. The topological polar surface area (TPSA) is 74.2 Å². The van der Waals surface area contributed by atoms with Crippen LogP contribution in [0, 0.1) is 0 Å². The van der Waals surface area contributed by atoms with E-state index in [0.717, 1.165) is 11.3 Å². The largest absolute Gasteiger partial charge is 0.497 e. The average molecular weight is 328 g/mol. The fourth-order valence-electron chi connectivity index (χ4n) is 2.27. The molecule has 0 spiro atoms. The molecule has 0 atom stereocenters. The predicted molar refractivity (Wildman–Crippen MR) is 84.8 cm³/mol. The minimum atomic E-state index is -1.02. The average Bonchev–Trinajstić information content (AvgIpc) is 3.14. The van der Waals surface area contributed by atoms with Crippen LogP contribution in [0.2, 0.25) is 0 Å². The standard InChI is InChI=1S/C18H16O6/c1-21-14-5-2-12(3-6-14)11-24-16-7-4-13(17(19)20)10-15(16)18-22-8-9-23-18/h2-10,18H,11H2,1H3,(H,19,20). The Labute approximate surface area is 138 Å². The second-order valence-electron chi connectivity index (χ2n) is 5.07. The molecule has 0 aliphatic carbocycles. The van der Waals surface area contributed by atoms with E-state index in [2.05, 4.69) is 0 Å². The Bertz CT molecular complexity index is 743. The first-order chi connectivity index (χ1) is 11.7. The van der Waals surface area contributed by atoms with Gasteiger partial charge in [-0.25, -0.2) is 4.79 Å². The van der Waals surface area contributed by atoms with Crippen molar-refractivity contribution in [1.29, 1.82) is 0 Å². The molecule has 0 unspecified atom stereocenters. The summed E-state index contributed by atoms with van der Waals surface area (Å²) in [4.78, 5) is 11.2. The summed E-state index contributed by atoms with van der Waals surface area (Å²) in [6.07, 6.45) is 2.10. The summed E-state index contributed by atoms with van der Waals surface area (Å²) >= 11 is 0. The summed E-state index contributed by atoms with van der Waals surface area (Å²) in [5.74, 6) is 0.248. The molecule has 0 saturated carbocycles. The Morgan fingerprint density at radius 1 is 1.12 bits per heavy atom. The molecular formula is C18H16O6. The minimum absolute atomic E-state index is 0.140. The molecule has 1 heterocycles. The maximum Gasteiger partial charge on any atom is 0.335 e. The molecule has 0 aromatic heterocycles. The summed E-state index contributed by atoms with van der Waals surface area (Å²) in [5, 5.41) is 9.15. The molecule has 0 radical (unpaired) electrons. The van der Waals surface area contributed by atoms with Gasteiger partial charge in [0.05, 0.1) is 18.2 Å². The van der Waals surface area contributed by atoms with Gasteiger partial charge in [-0.2, -0.15) is 0 Å². The van der Waals surface area contributed by atoms with Crippen molar-refractivity contribution < 1.29 is 28.8 Å². The van der Waals surface area contributed by atoms with E-state index in [1.54, 1.807) is 13.2 Å². The number of aromatic carboxylic acids is 1.